The molecular formula is C38H41ClFN7O4. The molecule has 4 atom stereocenters. The van der Waals surface area contributed by atoms with Gasteiger partial charge in [0.25, 0.3) is 0 Å². The van der Waals surface area contributed by atoms with E-state index in [0.29, 0.717) is 49.0 Å². The van der Waals surface area contributed by atoms with Crippen molar-refractivity contribution in [3.8, 4) is 11.1 Å². The fourth-order valence-corrected chi connectivity index (χ4v) is 8.10. The lowest BCUT2D eigenvalue weighted by atomic mass is 9.96. The van der Waals surface area contributed by atoms with Gasteiger partial charge in [-0.15, -0.1) is 0 Å². The first-order valence-electron chi connectivity index (χ1n) is 17.6. The van der Waals surface area contributed by atoms with Gasteiger partial charge < -0.3 is 15.5 Å². The van der Waals surface area contributed by atoms with Gasteiger partial charge in [-0.05, 0) is 75.3 Å². The minimum absolute atomic E-state index is 0.0400. The molecule has 1 aliphatic carbocycles. The van der Waals surface area contributed by atoms with E-state index in [-0.39, 0.29) is 46.5 Å². The molecule has 1 saturated heterocycles. The maximum Gasteiger partial charge on any atom is 0.245 e. The van der Waals surface area contributed by atoms with Gasteiger partial charge in [-0.3, -0.25) is 23.9 Å². The summed E-state index contributed by atoms with van der Waals surface area (Å²) in [6.45, 7) is 5.12. The van der Waals surface area contributed by atoms with Crippen molar-refractivity contribution in [2.75, 3.05) is 6.54 Å². The number of carbonyl (C=O) groups is 4. The lowest BCUT2D eigenvalue weighted by Crippen LogP contribution is -2.49. The largest absolute Gasteiger partial charge is 0.355 e. The number of piperidine rings is 1. The van der Waals surface area contributed by atoms with Gasteiger partial charge in [-0.25, -0.2) is 14.4 Å². The zero-order valence-corrected chi connectivity index (χ0v) is 29.7. The molecule has 3 aliphatic rings. The molecule has 2 aromatic carbocycles. The Balaban J connectivity index is 1.26. The van der Waals surface area contributed by atoms with E-state index in [1.165, 1.54) is 13.0 Å². The number of hydrogen-bond acceptors (Lipinski definition) is 7. The lowest BCUT2D eigenvalue weighted by molar-refractivity contribution is -0.140. The molecular weight excluding hydrogens is 673 g/mol. The SMILES string of the molecule is CC(=O)c1nn2c3c(cc(-c4cnc(C)nc4)cc13)CCCCCCC(=O)NC[C@@]13C[C@@H](C(=O)N[C@@H](C)c4cccc(Cl)c4F)N(C(=O)C2)[C@@H]1C3. The summed E-state index contributed by atoms with van der Waals surface area (Å²) in [4.78, 5) is 64.7. The maximum atomic E-state index is 14.9. The summed E-state index contributed by atoms with van der Waals surface area (Å²) in [5.74, 6) is -0.965. The minimum atomic E-state index is -0.849. The number of benzene rings is 2. The van der Waals surface area contributed by atoms with Crippen molar-refractivity contribution < 1.29 is 23.6 Å². The molecule has 266 valence electrons. The molecule has 51 heavy (non-hydrogen) atoms. The Labute approximate surface area is 300 Å². The fraction of sp³-hybridized carbons (Fsp3) is 0.447. The van der Waals surface area contributed by atoms with E-state index in [0.717, 1.165) is 42.4 Å². The van der Waals surface area contributed by atoms with Crippen LogP contribution in [0, 0.1) is 18.2 Å². The van der Waals surface area contributed by atoms with E-state index in [4.69, 9.17) is 16.7 Å². The van der Waals surface area contributed by atoms with Gasteiger partial charge in [-0.2, -0.15) is 5.10 Å². The van der Waals surface area contributed by atoms with Gasteiger partial charge in [0.1, 0.15) is 29.9 Å². The van der Waals surface area contributed by atoms with Crippen LogP contribution in [-0.2, 0) is 27.3 Å². The number of Topliss-reactive ketones (excluding diaryl/α,β-unsaturated/α-hetero) is 1. The number of aryl methyl sites for hydroxylation is 2. The zero-order valence-electron chi connectivity index (χ0n) is 29.0. The molecule has 3 amide bonds. The van der Waals surface area contributed by atoms with Crippen LogP contribution in [0.1, 0.15) is 92.3 Å². The molecule has 2 aromatic heterocycles. The van der Waals surface area contributed by atoms with E-state index in [2.05, 4.69) is 26.7 Å². The number of ketones is 1. The summed E-state index contributed by atoms with van der Waals surface area (Å²) in [5.41, 5.74) is 3.35. The molecule has 2 aliphatic heterocycles. The van der Waals surface area contributed by atoms with Crippen molar-refractivity contribution in [2.24, 2.45) is 5.41 Å². The summed E-state index contributed by atoms with van der Waals surface area (Å²) in [5, 5.41) is 11.3. The van der Waals surface area contributed by atoms with Crippen LogP contribution in [0.25, 0.3) is 22.0 Å². The molecule has 2 bridgehead atoms. The molecule has 2 N–H and O–H groups in total. The summed E-state index contributed by atoms with van der Waals surface area (Å²) in [7, 11) is 0. The third kappa shape index (κ3) is 6.73. The van der Waals surface area contributed by atoms with Crippen molar-refractivity contribution >= 4 is 46.0 Å². The van der Waals surface area contributed by atoms with Crippen molar-refractivity contribution in [2.45, 2.75) is 96.8 Å². The predicted molar refractivity (Wildman–Crippen MR) is 189 cm³/mol. The van der Waals surface area contributed by atoms with Crippen LogP contribution in [0.15, 0.2) is 42.7 Å². The van der Waals surface area contributed by atoms with E-state index < -0.39 is 29.2 Å². The summed E-state index contributed by atoms with van der Waals surface area (Å²) in [6.07, 6.45) is 8.95. The van der Waals surface area contributed by atoms with E-state index >= 15 is 0 Å². The standard InChI is InChI=1S/C38H41ClFN7O4/c1-21(27-10-8-11-29(39)34(27)40)44-37(51)30-15-38-16-31(38)47(30)33(50)19-46-36-24(9-6-4-5-7-12-32(49)43-20-38)13-25(26-17-41-23(3)42-18-26)14-28(36)35(45-46)22(2)48/h8,10-11,13-14,17-18,21,30-31H,4-7,9,12,15-16,19-20H2,1-3H3,(H,43,49)(H,44,51)/t21-,30-,31+,38-/m0/s1. The fourth-order valence-electron chi connectivity index (χ4n) is 7.92. The third-order valence-electron chi connectivity index (χ3n) is 10.7. The number of amides is 3. The maximum absolute atomic E-state index is 14.9. The van der Waals surface area contributed by atoms with Crippen molar-refractivity contribution in [3.63, 3.8) is 0 Å². The molecule has 0 radical (unpaired) electrons. The van der Waals surface area contributed by atoms with Crippen LogP contribution in [0.4, 0.5) is 4.39 Å². The molecule has 11 nitrogen and oxygen atoms in total. The molecule has 13 heteroatoms. The molecule has 2 fully saturated rings. The van der Waals surface area contributed by atoms with Gasteiger partial charge in [0.15, 0.2) is 5.78 Å². The Bertz CT molecular complexity index is 2050. The first kappa shape index (κ1) is 34.7. The number of rotatable bonds is 5. The molecule has 1 saturated carbocycles. The number of nitrogens with one attached hydrogen (secondary N) is 2. The second kappa shape index (κ2) is 13.8. The minimum Gasteiger partial charge on any atom is -0.355 e. The van der Waals surface area contributed by atoms with Gasteiger partial charge in [0, 0.05) is 60.3 Å². The van der Waals surface area contributed by atoms with Crippen LogP contribution in [0.5, 0.6) is 0 Å². The van der Waals surface area contributed by atoms with Gasteiger partial charge in [0.05, 0.1) is 16.6 Å². The second-order valence-electron chi connectivity index (χ2n) is 14.3. The number of aromatic nitrogens is 4. The quantitative estimate of drug-likeness (QED) is 0.255. The number of halogens is 2. The Morgan fingerprint density at radius 3 is 2.55 bits per heavy atom. The average molecular weight is 714 g/mol. The van der Waals surface area contributed by atoms with Crippen molar-refractivity contribution in [1.29, 1.82) is 0 Å². The first-order valence-corrected chi connectivity index (χ1v) is 18.0. The van der Waals surface area contributed by atoms with Crippen LogP contribution >= 0.6 is 11.6 Å². The first-order chi connectivity index (χ1) is 24.5. The molecule has 0 unspecified atom stereocenters. The summed E-state index contributed by atoms with van der Waals surface area (Å²) < 4.78 is 16.5. The van der Waals surface area contributed by atoms with Gasteiger partial charge >= 0.3 is 0 Å². The Morgan fingerprint density at radius 2 is 1.80 bits per heavy atom. The van der Waals surface area contributed by atoms with Crippen LogP contribution < -0.4 is 10.6 Å². The monoisotopic (exact) mass is 713 g/mol. The molecule has 4 aromatic rings. The number of nitrogens with zero attached hydrogens (tertiary/aromatic N) is 5. The topological polar surface area (TPSA) is 139 Å². The highest BCUT2D eigenvalue weighted by atomic mass is 35.5. The number of carbonyl (C=O) groups excluding carboxylic acids is 4. The molecule has 7 rings (SSSR count). The van der Waals surface area contributed by atoms with E-state index in [1.807, 2.05) is 13.0 Å². The third-order valence-corrected chi connectivity index (χ3v) is 11.0. The second-order valence-corrected chi connectivity index (χ2v) is 14.7. The van der Waals surface area contributed by atoms with Crippen molar-refractivity contribution in [1.82, 2.24) is 35.3 Å². The lowest BCUT2D eigenvalue weighted by Gasteiger charge is -2.28. The van der Waals surface area contributed by atoms with Gasteiger partial charge in [-0.1, -0.05) is 36.6 Å². The highest BCUT2D eigenvalue weighted by Gasteiger charge is 2.67. The summed E-state index contributed by atoms with van der Waals surface area (Å²) >= 11 is 6.02. The highest BCUT2D eigenvalue weighted by molar-refractivity contribution is 6.30. The normalized spacial score (nSPS) is 23.0. The predicted octanol–water partition coefficient (Wildman–Crippen LogP) is 5.66. The van der Waals surface area contributed by atoms with Crippen LogP contribution in [-0.4, -0.2) is 66.8 Å². The number of hydrogen-bond donors (Lipinski definition) is 2. The van der Waals surface area contributed by atoms with E-state index in [9.17, 15) is 23.6 Å². The van der Waals surface area contributed by atoms with Gasteiger partial charge in [0.2, 0.25) is 17.7 Å². The highest BCUT2D eigenvalue weighted by Crippen LogP contribution is 2.59. The van der Waals surface area contributed by atoms with Crippen LogP contribution in [0.3, 0.4) is 0 Å². The smallest absolute Gasteiger partial charge is 0.245 e. The van der Waals surface area contributed by atoms with Crippen LogP contribution in [0.2, 0.25) is 5.02 Å². The molecule has 4 heterocycles. The average Bonchev–Trinajstić information content (AvgIpc) is 3.51. The summed E-state index contributed by atoms with van der Waals surface area (Å²) in [6, 6.07) is 6.77. The Kier molecular flexibility index (Phi) is 9.38. The Hall–Kier alpha value is -4.71. The van der Waals surface area contributed by atoms with Crippen molar-refractivity contribution in [3.05, 3.63) is 76.2 Å². The Morgan fingerprint density at radius 1 is 1.06 bits per heavy atom. The molecule has 0 spiro atoms. The van der Waals surface area contributed by atoms with E-state index in [1.54, 1.807) is 41.0 Å². The zero-order chi connectivity index (χ0) is 36.0.